The zero-order valence-electron chi connectivity index (χ0n) is 19.6. The maximum Gasteiger partial charge on any atom is 0.278 e. The normalized spacial score (nSPS) is 18.2. The summed E-state index contributed by atoms with van der Waals surface area (Å²) in [5.41, 5.74) is 3.03. The van der Waals surface area contributed by atoms with Crippen molar-refractivity contribution in [1.82, 2.24) is 9.58 Å². The Bertz CT molecular complexity index is 1250. The van der Waals surface area contributed by atoms with E-state index < -0.39 is 11.2 Å². The molecule has 1 amide bonds. The highest BCUT2D eigenvalue weighted by Crippen LogP contribution is 2.43. The lowest BCUT2D eigenvalue weighted by atomic mass is 9.94. The molecule has 6 nitrogen and oxygen atoms in total. The van der Waals surface area contributed by atoms with E-state index in [0.717, 1.165) is 23.3 Å². The van der Waals surface area contributed by atoms with Crippen LogP contribution >= 0.6 is 11.8 Å². The Hall–Kier alpha value is -3.19. The number of pyridine rings is 1. The third-order valence-corrected chi connectivity index (χ3v) is 8.06. The molecule has 34 heavy (non-hydrogen) atoms. The minimum Gasteiger partial charge on any atom is -0.502 e. The zero-order chi connectivity index (χ0) is 24.0. The summed E-state index contributed by atoms with van der Waals surface area (Å²) >= 11 is 1.81. The Kier molecular flexibility index (Phi) is 5.90. The summed E-state index contributed by atoms with van der Waals surface area (Å²) in [6.07, 6.45) is 2.40. The van der Waals surface area contributed by atoms with Crippen LogP contribution in [0, 0.1) is 5.92 Å². The van der Waals surface area contributed by atoms with Crippen LogP contribution in [0.5, 0.6) is 5.75 Å². The van der Waals surface area contributed by atoms with E-state index in [0.29, 0.717) is 6.67 Å². The fourth-order valence-electron chi connectivity index (χ4n) is 5.28. The molecule has 7 heteroatoms. The summed E-state index contributed by atoms with van der Waals surface area (Å²) in [5.74, 6) is 0.276. The SMILES string of the molecule is CC[C@@H](C(C)C)N1CN(C2c3ccccc3CSc3ccccc32)n2ccc(=O)c(O)c2C1=O. The van der Waals surface area contributed by atoms with Crippen LogP contribution in [0.2, 0.25) is 0 Å². The highest BCUT2D eigenvalue weighted by Gasteiger charge is 2.40. The number of hydrogen-bond acceptors (Lipinski definition) is 5. The van der Waals surface area contributed by atoms with Crippen LogP contribution in [0.4, 0.5) is 0 Å². The summed E-state index contributed by atoms with van der Waals surface area (Å²) in [6, 6.07) is 17.9. The van der Waals surface area contributed by atoms with Gasteiger partial charge >= 0.3 is 0 Å². The van der Waals surface area contributed by atoms with E-state index >= 15 is 0 Å². The molecule has 3 aromatic rings. The Balaban J connectivity index is 1.77. The van der Waals surface area contributed by atoms with E-state index in [2.05, 4.69) is 56.1 Å². The molecule has 0 bridgehead atoms. The van der Waals surface area contributed by atoms with Gasteiger partial charge in [-0.15, -0.1) is 11.8 Å². The predicted molar refractivity (Wildman–Crippen MR) is 135 cm³/mol. The third kappa shape index (κ3) is 3.59. The van der Waals surface area contributed by atoms with Crippen molar-refractivity contribution in [3.63, 3.8) is 0 Å². The summed E-state index contributed by atoms with van der Waals surface area (Å²) in [4.78, 5) is 29.1. The monoisotopic (exact) mass is 475 g/mol. The first-order chi connectivity index (χ1) is 16.4. The maximum atomic E-state index is 13.7. The molecule has 176 valence electrons. The van der Waals surface area contributed by atoms with E-state index in [4.69, 9.17) is 0 Å². The fraction of sp³-hybridized carbons (Fsp3) is 0.333. The lowest BCUT2D eigenvalue weighted by Crippen LogP contribution is -2.59. The van der Waals surface area contributed by atoms with E-state index in [9.17, 15) is 14.7 Å². The smallest absolute Gasteiger partial charge is 0.278 e. The molecule has 2 aliphatic heterocycles. The van der Waals surface area contributed by atoms with Crippen molar-refractivity contribution >= 4 is 17.7 Å². The first kappa shape index (κ1) is 22.6. The van der Waals surface area contributed by atoms with Gasteiger partial charge in [0.25, 0.3) is 5.91 Å². The molecule has 1 aromatic heterocycles. The highest BCUT2D eigenvalue weighted by atomic mass is 32.2. The van der Waals surface area contributed by atoms with Crippen molar-refractivity contribution in [3.05, 3.63) is 93.4 Å². The second-order valence-corrected chi connectivity index (χ2v) is 10.2. The lowest BCUT2D eigenvalue weighted by molar-refractivity contribution is 0.0523. The molecule has 5 rings (SSSR count). The molecule has 0 radical (unpaired) electrons. The Morgan fingerprint density at radius 3 is 2.47 bits per heavy atom. The molecule has 0 aliphatic carbocycles. The van der Waals surface area contributed by atoms with E-state index in [1.807, 2.05) is 34.9 Å². The molecular weight excluding hydrogens is 446 g/mol. The standard InChI is InChI=1S/C27H29N3O3S/c1-4-21(17(2)3)28-16-30(29-14-13-22(31)26(32)25(29)27(28)33)24-19-10-6-5-9-18(19)15-34-23-12-8-7-11-20(23)24/h5-14,17,21,24,32H,4,15-16H2,1-3H3/t21-,24?/m0/s1. The average molecular weight is 476 g/mol. The van der Waals surface area contributed by atoms with E-state index in [1.54, 1.807) is 10.9 Å². The minimum atomic E-state index is -0.545. The first-order valence-corrected chi connectivity index (χ1v) is 12.7. The van der Waals surface area contributed by atoms with Gasteiger partial charge in [0.1, 0.15) is 6.67 Å². The number of amides is 1. The summed E-state index contributed by atoms with van der Waals surface area (Å²) < 4.78 is 1.69. The molecule has 2 atom stereocenters. The minimum absolute atomic E-state index is 0.0240. The number of nitrogens with zero attached hydrogens (tertiary/aromatic N) is 3. The Morgan fingerprint density at radius 2 is 1.74 bits per heavy atom. The highest BCUT2D eigenvalue weighted by molar-refractivity contribution is 7.98. The van der Waals surface area contributed by atoms with Gasteiger partial charge in [-0.05, 0) is 35.1 Å². The van der Waals surface area contributed by atoms with Gasteiger partial charge in [0.15, 0.2) is 11.4 Å². The molecule has 1 N–H and O–H groups in total. The molecular formula is C27H29N3O3S. The number of hydrogen-bond donors (Lipinski definition) is 1. The topological polar surface area (TPSA) is 65.8 Å². The first-order valence-electron chi connectivity index (χ1n) is 11.7. The van der Waals surface area contributed by atoms with Crippen molar-refractivity contribution in [1.29, 1.82) is 0 Å². The average Bonchev–Trinajstić information content (AvgIpc) is 3.00. The van der Waals surface area contributed by atoms with Crippen molar-refractivity contribution in [2.45, 2.75) is 49.9 Å². The number of rotatable bonds is 4. The Labute approximate surface area is 203 Å². The van der Waals surface area contributed by atoms with Crippen molar-refractivity contribution < 1.29 is 9.90 Å². The van der Waals surface area contributed by atoms with Crippen LogP contribution in [-0.2, 0) is 5.75 Å². The van der Waals surface area contributed by atoms with Crippen LogP contribution in [0.15, 0.2) is 70.5 Å². The second kappa shape index (κ2) is 8.87. The number of aromatic hydroxyl groups is 1. The molecule has 2 aliphatic rings. The van der Waals surface area contributed by atoms with Crippen molar-refractivity contribution in [2.24, 2.45) is 5.92 Å². The number of carbonyl (C=O) groups excluding carboxylic acids is 1. The van der Waals surface area contributed by atoms with E-state index in [1.165, 1.54) is 16.5 Å². The van der Waals surface area contributed by atoms with Crippen LogP contribution in [0.1, 0.15) is 60.4 Å². The molecule has 2 aromatic carbocycles. The number of aromatic nitrogens is 1. The fourth-order valence-corrected chi connectivity index (χ4v) is 6.38. The van der Waals surface area contributed by atoms with Crippen LogP contribution in [0.25, 0.3) is 0 Å². The van der Waals surface area contributed by atoms with Gasteiger partial charge in [-0.25, -0.2) is 0 Å². The van der Waals surface area contributed by atoms with Gasteiger partial charge in [-0.1, -0.05) is 63.2 Å². The van der Waals surface area contributed by atoms with Crippen LogP contribution in [-0.4, -0.2) is 33.3 Å². The molecule has 0 saturated carbocycles. The quantitative estimate of drug-likeness (QED) is 0.591. The summed E-state index contributed by atoms with van der Waals surface area (Å²) in [6.45, 7) is 6.63. The number of carbonyl (C=O) groups is 1. The van der Waals surface area contributed by atoms with Crippen LogP contribution in [0.3, 0.4) is 0 Å². The van der Waals surface area contributed by atoms with Gasteiger partial charge < -0.3 is 10.0 Å². The molecule has 0 saturated heterocycles. The van der Waals surface area contributed by atoms with Gasteiger partial charge in [0.2, 0.25) is 5.43 Å². The van der Waals surface area contributed by atoms with Gasteiger partial charge in [-0.2, -0.15) is 0 Å². The largest absolute Gasteiger partial charge is 0.502 e. The number of fused-ring (bicyclic) bond motifs is 3. The number of thioether (sulfide) groups is 1. The number of benzene rings is 2. The molecule has 0 fully saturated rings. The van der Waals surface area contributed by atoms with Crippen molar-refractivity contribution in [3.8, 4) is 5.75 Å². The third-order valence-electron chi connectivity index (χ3n) is 6.92. The Morgan fingerprint density at radius 1 is 1.03 bits per heavy atom. The zero-order valence-corrected chi connectivity index (χ0v) is 20.5. The molecule has 1 unspecified atom stereocenters. The van der Waals surface area contributed by atoms with Gasteiger partial charge in [0.05, 0.1) is 6.04 Å². The summed E-state index contributed by atoms with van der Waals surface area (Å²) in [7, 11) is 0. The van der Waals surface area contributed by atoms with Gasteiger partial charge in [-0.3, -0.25) is 19.3 Å². The predicted octanol–water partition coefficient (Wildman–Crippen LogP) is 4.74. The second-order valence-electron chi connectivity index (χ2n) is 9.23. The van der Waals surface area contributed by atoms with E-state index in [-0.39, 0.29) is 29.6 Å². The summed E-state index contributed by atoms with van der Waals surface area (Å²) in [5, 5.41) is 12.9. The lowest BCUT2D eigenvalue weighted by Gasteiger charge is -2.47. The van der Waals surface area contributed by atoms with Crippen molar-refractivity contribution in [2.75, 3.05) is 11.7 Å². The maximum absolute atomic E-state index is 13.7. The van der Waals surface area contributed by atoms with Gasteiger partial charge in [0, 0.05) is 29.0 Å². The molecule has 3 heterocycles. The van der Waals surface area contributed by atoms with Crippen LogP contribution < -0.4 is 10.4 Å². The molecule has 0 spiro atoms.